The van der Waals surface area contributed by atoms with Crippen LogP contribution in [0.2, 0.25) is 5.02 Å². The fourth-order valence-electron chi connectivity index (χ4n) is 2.53. The minimum absolute atomic E-state index is 0.278. The molecule has 1 aromatic heterocycles. The van der Waals surface area contributed by atoms with Crippen LogP contribution in [0.5, 0.6) is 0 Å². The van der Waals surface area contributed by atoms with E-state index >= 15 is 0 Å². The van der Waals surface area contributed by atoms with Gasteiger partial charge in [0, 0.05) is 16.3 Å². The van der Waals surface area contributed by atoms with Crippen LogP contribution in [0.15, 0.2) is 66.0 Å². The van der Waals surface area contributed by atoms with Crippen molar-refractivity contribution >= 4 is 46.3 Å². The van der Waals surface area contributed by atoms with Crippen LogP contribution in [0.4, 0.5) is 5.69 Å². The molecule has 0 fully saturated rings. The van der Waals surface area contributed by atoms with Gasteiger partial charge < -0.3 is 15.4 Å². The molecule has 0 saturated heterocycles. The molecule has 3 aromatic rings. The third kappa shape index (κ3) is 5.22. The molecule has 0 aliphatic carbocycles. The molecule has 0 aliphatic heterocycles. The molecule has 0 spiro atoms. The molecule has 0 saturated carbocycles. The molecule has 1 atom stereocenters. The first-order chi connectivity index (χ1) is 14.0. The highest BCUT2D eigenvalue weighted by Gasteiger charge is 2.23. The maximum atomic E-state index is 12.9. The maximum Gasteiger partial charge on any atom is 0.337 e. The molecule has 0 aliphatic rings. The lowest BCUT2D eigenvalue weighted by atomic mass is 10.1. The molecule has 148 valence electrons. The van der Waals surface area contributed by atoms with E-state index in [1.54, 1.807) is 66.0 Å². The van der Waals surface area contributed by atoms with Gasteiger partial charge in [0.05, 0.1) is 17.6 Å². The van der Waals surface area contributed by atoms with Gasteiger partial charge >= 0.3 is 5.97 Å². The van der Waals surface area contributed by atoms with Gasteiger partial charge in [-0.1, -0.05) is 17.7 Å². The zero-order chi connectivity index (χ0) is 20.8. The Bertz CT molecular complexity index is 1000. The van der Waals surface area contributed by atoms with Crippen LogP contribution in [0.3, 0.4) is 0 Å². The minimum Gasteiger partial charge on any atom is -0.465 e. The summed E-state index contributed by atoms with van der Waals surface area (Å²) in [5, 5.41) is 8.02. The van der Waals surface area contributed by atoms with Gasteiger partial charge in [-0.3, -0.25) is 9.59 Å². The highest BCUT2D eigenvalue weighted by Crippen LogP contribution is 2.16. The lowest BCUT2D eigenvalue weighted by Gasteiger charge is -2.20. The lowest BCUT2D eigenvalue weighted by molar-refractivity contribution is 0.0600. The number of carbonyl (C=O) groups excluding carboxylic acids is 3. The Morgan fingerprint density at radius 3 is 2.21 bits per heavy atom. The van der Waals surface area contributed by atoms with E-state index in [9.17, 15) is 14.4 Å². The van der Waals surface area contributed by atoms with Crippen molar-refractivity contribution in [2.75, 3.05) is 12.4 Å². The summed E-state index contributed by atoms with van der Waals surface area (Å²) in [4.78, 5) is 37.6. The lowest BCUT2D eigenvalue weighted by Crippen LogP contribution is -2.46. The van der Waals surface area contributed by atoms with Crippen LogP contribution < -0.4 is 10.6 Å². The van der Waals surface area contributed by atoms with Crippen molar-refractivity contribution in [1.82, 2.24) is 5.32 Å². The van der Waals surface area contributed by atoms with Crippen LogP contribution in [0.1, 0.15) is 30.4 Å². The average Bonchev–Trinajstić information content (AvgIpc) is 3.28. The van der Waals surface area contributed by atoms with Crippen molar-refractivity contribution in [3.63, 3.8) is 0 Å². The number of thiophene rings is 1. The number of hydrogen-bond acceptors (Lipinski definition) is 6. The van der Waals surface area contributed by atoms with E-state index in [0.717, 1.165) is 0 Å². The molecule has 1 amide bonds. The molecule has 2 N–H and O–H groups in total. The Morgan fingerprint density at radius 1 is 0.966 bits per heavy atom. The predicted molar refractivity (Wildman–Crippen MR) is 113 cm³/mol. The summed E-state index contributed by atoms with van der Waals surface area (Å²) in [6.07, 6.45) is -0.999. The number of amides is 1. The van der Waals surface area contributed by atoms with Gasteiger partial charge in [-0.2, -0.15) is 0 Å². The van der Waals surface area contributed by atoms with Crippen molar-refractivity contribution in [3.8, 4) is 0 Å². The number of carbonyl (C=O) groups is 3. The van der Waals surface area contributed by atoms with Crippen LogP contribution in [0.25, 0.3) is 0 Å². The first-order valence-electron chi connectivity index (χ1n) is 8.57. The van der Waals surface area contributed by atoms with Crippen molar-refractivity contribution in [1.29, 1.82) is 0 Å². The third-order valence-corrected chi connectivity index (χ3v) is 5.16. The predicted octanol–water partition coefficient (Wildman–Crippen LogP) is 4.24. The molecular weight excluding hydrogens is 412 g/mol. The largest absolute Gasteiger partial charge is 0.465 e. The van der Waals surface area contributed by atoms with E-state index in [-0.39, 0.29) is 5.78 Å². The van der Waals surface area contributed by atoms with E-state index in [1.807, 2.05) is 0 Å². The van der Waals surface area contributed by atoms with Crippen molar-refractivity contribution in [2.45, 2.75) is 6.17 Å². The quantitative estimate of drug-likeness (QED) is 0.334. The average molecular weight is 429 g/mol. The standard InChI is InChI=1S/C21H17ClN2O4S/c1-28-21(27)14-6-10-16(11-7-14)23-19(18(25)17-3-2-12-29-17)24-20(26)13-4-8-15(22)9-5-13/h2-12,19,23H,1H3,(H,24,26). The summed E-state index contributed by atoms with van der Waals surface area (Å²) in [6.45, 7) is 0. The Kier molecular flexibility index (Phi) is 6.64. The number of ketones is 1. The molecule has 29 heavy (non-hydrogen) atoms. The SMILES string of the molecule is COC(=O)c1ccc(NC(NC(=O)c2ccc(Cl)cc2)C(=O)c2cccs2)cc1. The summed E-state index contributed by atoms with van der Waals surface area (Å²) in [7, 11) is 1.30. The number of benzene rings is 2. The number of anilines is 1. The monoisotopic (exact) mass is 428 g/mol. The van der Waals surface area contributed by atoms with Gasteiger partial charge in [-0.25, -0.2) is 4.79 Å². The number of Topliss-reactive ketones (excluding diaryl/α,β-unsaturated/α-hetero) is 1. The highest BCUT2D eigenvalue weighted by molar-refractivity contribution is 7.12. The number of hydrogen-bond donors (Lipinski definition) is 2. The van der Waals surface area contributed by atoms with Gasteiger partial charge in [-0.05, 0) is 60.0 Å². The van der Waals surface area contributed by atoms with Crippen LogP contribution in [0, 0.1) is 0 Å². The number of rotatable bonds is 7. The Morgan fingerprint density at radius 2 is 1.62 bits per heavy atom. The molecule has 0 bridgehead atoms. The summed E-state index contributed by atoms with van der Waals surface area (Å²) < 4.78 is 4.68. The zero-order valence-corrected chi connectivity index (χ0v) is 16.9. The Labute approximate surface area is 176 Å². The smallest absolute Gasteiger partial charge is 0.337 e. The number of halogens is 1. The first-order valence-corrected chi connectivity index (χ1v) is 9.83. The first kappa shape index (κ1) is 20.6. The molecular formula is C21H17ClN2O4S. The third-order valence-electron chi connectivity index (χ3n) is 4.03. The fourth-order valence-corrected chi connectivity index (χ4v) is 3.35. The number of ether oxygens (including phenoxy) is 1. The molecule has 3 rings (SSSR count). The topological polar surface area (TPSA) is 84.5 Å². The minimum atomic E-state index is -0.999. The van der Waals surface area contributed by atoms with E-state index < -0.39 is 18.0 Å². The maximum absolute atomic E-state index is 12.9. The fraction of sp³-hybridized carbons (Fsp3) is 0.0952. The van der Waals surface area contributed by atoms with Gasteiger partial charge in [0.2, 0.25) is 5.78 Å². The second kappa shape index (κ2) is 9.36. The molecule has 1 heterocycles. The van der Waals surface area contributed by atoms with E-state index in [1.165, 1.54) is 18.4 Å². The summed E-state index contributed by atoms with van der Waals surface area (Å²) in [5.74, 6) is -1.16. The zero-order valence-electron chi connectivity index (χ0n) is 15.3. The molecule has 2 aromatic carbocycles. The number of methoxy groups -OCH3 is 1. The number of esters is 1. The van der Waals surface area contributed by atoms with Crippen LogP contribution in [-0.2, 0) is 4.74 Å². The summed E-state index contributed by atoms with van der Waals surface area (Å²) >= 11 is 7.15. The highest BCUT2D eigenvalue weighted by atomic mass is 35.5. The molecule has 6 nitrogen and oxygen atoms in total. The van der Waals surface area contributed by atoms with Crippen LogP contribution >= 0.6 is 22.9 Å². The Hall–Kier alpha value is -3.16. The van der Waals surface area contributed by atoms with Crippen molar-refractivity contribution in [2.24, 2.45) is 0 Å². The number of nitrogens with one attached hydrogen (secondary N) is 2. The molecule has 1 unspecified atom stereocenters. The van der Waals surface area contributed by atoms with E-state index in [2.05, 4.69) is 15.4 Å². The normalized spacial score (nSPS) is 11.4. The Balaban J connectivity index is 1.81. The van der Waals surface area contributed by atoms with E-state index in [0.29, 0.717) is 26.7 Å². The summed E-state index contributed by atoms with van der Waals surface area (Å²) in [6, 6.07) is 16.2. The van der Waals surface area contributed by atoms with Gasteiger partial charge in [0.25, 0.3) is 5.91 Å². The second-order valence-electron chi connectivity index (χ2n) is 5.97. The van der Waals surface area contributed by atoms with Gasteiger partial charge in [-0.15, -0.1) is 11.3 Å². The van der Waals surface area contributed by atoms with Gasteiger partial charge in [0.15, 0.2) is 6.17 Å². The summed E-state index contributed by atoms with van der Waals surface area (Å²) in [5.41, 5.74) is 1.31. The molecule has 8 heteroatoms. The van der Waals surface area contributed by atoms with Crippen LogP contribution in [-0.4, -0.2) is 30.9 Å². The second-order valence-corrected chi connectivity index (χ2v) is 7.35. The van der Waals surface area contributed by atoms with Crippen molar-refractivity contribution in [3.05, 3.63) is 87.1 Å². The van der Waals surface area contributed by atoms with Crippen molar-refractivity contribution < 1.29 is 19.1 Å². The molecule has 0 radical (unpaired) electrons. The van der Waals surface area contributed by atoms with E-state index in [4.69, 9.17) is 11.6 Å². The van der Waals surface area contributed by atoms with Gasteiger partial charge in [0.1, 0.15) is 0 Å².